The lowest BCUT2D eigenvalue weighted by Gasteiger charge is -2.32. The topological polar surface area (TPSA) is 58.9 Å². The minimum atomic E-state index is -0.229. The van der Waals surface area contributed by atoms with E-state index < -0.39 is 0 Å². The Kier molecular flexibility index (Phi) is 7.54. The number of nitrogens with zero attached hydrogens (tertiary/aromatic N) is 3. The SMILES string of the molecule is COc1ccccc1C(CC(=O)NC1CCN(Cc2ccccc2)CC1)c1cnc2ccc(Cl)cn12. The Balaban J connectivity index is 1.30. The number of amides is 1. The molecule has 1 aliphatic rings. The minimum absolute atomic E-state index is 0.0318. The molecule has 1 saturated heterocycles. The normalized spacial score (nSPS) is 15.6. The molecule has 1 atom stereocenters. The number of benzene rings is 2. The number of methoxy groups -OCH3 is 1. The summed E-state index contributed by atoms with van der Waals surface area (Å²) in [6.07, 6.45) is 5.87. The van der Waals surface area contributed by atoms with Gasteiger partial charge in [0.05, 0.1) is 17.8 Å². The summed E-state index contributed by atoms with van der Waals surface area (Å²) < 4.78 is 7.63. The minimum Gasteiger partial charge on any atom is -0.496 e. The van der Waals surface area contributed by atoms with Crippen molar-refractivity contribution in [2.75, 3.05) is 20.2 Å². The number of hydrogen-bond donors (Lipinski definition) is 1. The predicted octanol–water partition coefficient (Wildman–Crippen LogP) is 5.30. The maximum Gasteiger partial charge on any atom is 0.221 e. The first-order valence-electron chi connectivity index (χ1n) is 12.4. The van der Waals surface area contributed by atoms with Crippen LogP contribution in [0, 0.1) is 0 Å². The van der Waals surface area contributed by atoms with Crippen LogP contribution in [0.3, 0.4) is 0 Å². The second kappa shape index (κ2) is 11.1. The number of para-hydroxylation sites is 1. The van der Waals surface area contributed by atoms with E-state index in [1.807, 2.05) is 59.3 Å². The van der Waals surface area contributed by atoms with Crippen molar-refractivity contribution in [2.24, 2.45) is 0 Å². The number of carbonyl (C=O) groups excluding carboxylic acids is 1. The lowest BCUT2D eigenvalue weighted by Crippen LogP contribution is -2.44. The first-order chi connectivity index (χ1) is 17.6. The second-order valence-electron chi connectivity index (χ2n) is 9.36. The molecule has 1 aliphatic heterocycles. The molecule has 2 aromatic heterocycles. The van der Waals surface area contributed by atoms with E-state index in [1.165, 1.54) is 5.56 Å². The highest BCUT2D eigenvalue weighted by atomic mass is 35.5. The monoisotopic (exact) mass is 502 g/mol. The second-order valence-corrected chi connectivity index (χ2v) is 9.80. The van der Waals surface area contributed by atoms with Gasteiger partial charge in [-0.15, -0.1) is 0 Å². The number of carbonyl (C=O) groups is 1. The summed E-state index contributed by atoms with van der Waals surface area (Å²) in [5.74, 6) is 0.554. The fourth-order valence-electron chi connectivity index (χ4n) is 5.11. The maximum absolute atomic E-state index is 13.3. The smallest absolute Gasteiger partial charge is 0.221 e. The number of rotatable bonds is 8. The molecule has 5 rings (SSSR count). The van der Waals surface area contributed by atoms with E-state index >= 15 is 0 Å². The van der Waals surface area contributed by atoms with Crippen molar-refractivity contribution >= 4 is 23.2 Å². The summed E-state index contributed by atoms with van der Waals surface area (Å²) in [5, 5.41) is 3.92. The van der Waals surface area contributed by atoms with Crippen LogP contribution in [0.25, 0.3) is 5.65 Å². The van der Waals surface area contributed by atoms with Crippen molar-refractivity contribution in [3.63, 3.8) is 0 Å². The summed E-state index contributed by atoms with van der Waals surface area (Å²) in [5.41, 5.74) is 3.98. The summed E-state index contributed by atoms with van der Waals surface area (Å²) in [7, 11) is 1.66. The molecule has 0 aliphatic carbocycles. The van der Waals surface area contributed by atoms with Crippen LogP contribution in [0.4, 0.5) is 0 Å². The number of ether oxygens (including phenoxy) is 1. The van der Waals surface area contributed by atoms with E-state index in [2.05, 4.69) is 39.5 Å². The molecule has 1 amide bonds. The summed E-state index contributed by atoms with van der Waals surface area (Å²) in [6.45, 7) is 2.90. The van der Waals surface area contributed by atoms with E-state index in [0.29, 0.717) is 11.4 Å². The fourth-order valence-corrected chi connectivity index (χ4v) is 5.27. The van der Waals surface area contributed by atoms with Gasteiger partial charge >= 0.3 is 0 Å². The van der Waals surface area contributed by atoms with E-state index in [4.69, 9.17) is 16.3 Å². The fraction of sp³-hybridized carbons (Fsp3) is 0.310. The van der Waals surface area contributed by atoms with Gasteiger partial charge in [0.15, 0.2) is 0 Å². The van der Waals surface area contributed by atoms with Crippen LogP contribution in [0.1, 0.15) is 42.0 Å². The molecule has 6 nitrogen and oxygen atoms in total. The van der Waals surface area contributed by atoms with Gasteiger partial charge in [0, 0.05) is 56.0 Å². The molecule has 4 aromatic rings. The number of hydrogen-bond acceptors (Lipinski definition) is 4. The van der Waals surface area contributed by atoms with Gasteiger partial charge < -0.3 is 14.5 Å². The van der Waals surface area contributed by atoms with Gasteiger partial charge in [-0.25, -0.2) is 4.98 Å². The number of imidazole rings is 1. The van der Waals surface area contributed by atoms with Gasteiger partial charge in [-0.1, -0.05) is 60.1 Å². The van der Waals surface area contributed by atoms with Crippen molar-refractivity contribution in [1.29, 1.82) is 0 Å². The molecule has 2 aromatic carbocycles. The average molecular weight is 503 g/mol. The molecule has 0 spiro atoms. The third-order valence-corrected chi connectivity index (χ3v) is 7.18. The third-order valence-electron chi connectivity index (χ3n) is 6.96. The molecule has 0 saturated carbocycles. The zero-order valence-electron chi connectivity index (χ0n) is 20.4. The van der Waals surface area contributed by atoms with E-state index in [-0.39, 0.29) is 17.9 Å². The Bertz CT molecular complexity index is 1320. The van der Waals surface area contributed by atoms with Crippen LogP contribution in [0.15, 0.2) is 79.1 Å². The lowest BCUT2D eigenvalue weighted by molar-refractivity contribution is -0.122. The van der Waals surface area contributed by atoms with Gasteiger partial charge in [-0.3, -0.25) is 9.69 Å². The van der Waals surface area contributed by atoms with E-state index in [1.54, 1.807) is 7.11 Å². The zero-order valence-corrected chi connectivity index (χ0v) is 21.2. The molecule has 0 radical (unpaired) electrons. The van der Waals surface area contributed by atoms with Crippen LogP contribution in [0.5, 0.6) is 5.75 Å². The standard InChI is InChI=1S/C29H31ClN4O2/c1-36-27-10-6-5-9-24(27)25(26-18-31-28-12-11-22(30)20-34(26)28)17-29(35)32-23-13-15-33(16-14-23)19-21-7-3-2-4-8-21/h2-12,18,20,23,25H,13-17,19H2,1H3,(H,32,35). The number of likely N-dealkylation sites (tertiary alicyclic amines) is 1. The highest BCUT2D eigenvalue weighted by molar-refractivity contribution is 6.30. The van der Waals surface area contributed by atoms with Gasteiger partial charge in [0.2, 0.25) is 5.91 Å². The van der Waals surface area contributed by atoms with Crippen molar-refractivity contribution < 1.29 is 9.53 Å². The number of piperidine rings is 1. The van der Waals surface area contributed by atoms with Gasteiger partial charge in [0.1, 0.15) is 11.4 Å². The van der Waals surface area contributed by atoms with Crippen LogP contribution in [-0.4, -0.2) is 46.4 Å². The van der Waals surface area contributed by atoms with Gasteiger partial charge in [0.25, 0.3) is 0 Å². The Hall–Kier alpha value is -3.35. The van der Waals surface area contributed by atoms with Crippen molar-refractivity contribution in [2.45, 2.75) is 37.8 Å². The Morgan fingerprint density at radius 3 is 2.61 bits per heavy atom. The van der Waals surface area contributed by atoms with Crippen molar-refractivity contribution in [3.8, 4) is 5.75 Å². The predicted molar refractivity (Wildman–Crippen MR) is 143 cm³/mol. The number of halogens is 1. The van der Waals surface area contributed by atoms with Crippen LogP contribution in [-0.2, 0) is 11.3 Å². The molecular weight excluding hydrogens is 472 g/mol. The van der Waals surface area contributed by atoms with Crippen LogP contribution < -0.4 is 10.1 Å². The summed E-state index contributed by atoms with van der Waals surface area (Å²) in [4.78, 5) is 20.4. The van der Waals surface area contributed by atoms with Crippen LogP contribution >= 0.6 is 11.6 Å². The molecule has 1 fully saturated rings. The molecule has 1 unspecified atom stereocenters. The number of aromatic nitrogens is 2. The quantitative estimate of drug-likeness (QED) is 0.355. The Labute approximate surface area is 216 Å². The number of fused-ring (bicyclic) bond motifs is 1. The van der Waals surface area contributed by atoms with Crippen molar-refractivity contribution in [1.82, 2.24) is 19.6 Å². The van der Waals surface area contributed by atoms with Gasteiger partial charge in [-0.2, -0.15) is 0 Å². The number of pyridine rings is 1. The Morgan fingerprint density at radius 1 is 1.08 bits per heavy atom. The zero-order chi connectivity index (χ0) is 24.9. The van der Waals surface area contributed by atoms with Crippen LogP contribution in [0.2, 0.25) is 5.02 Å². The van der Waals surface area contributed by atoms with Gasteiger partial charge in [-0.05, 0) is 36.6 Å². The molecular formula is C29H31ClN4O2. The largest absolute Gasteiger partial charge is 0.496 e. The third kappa shape index (κ3) is 5.55. The molecule has 186 valence electrons. The maximum atomic E-state index is 13.3. The van der Waals surface area contributed by atoms with E-state index in [0.717, 1.165) is 55.1 Å². The molecule has 7 heteroatoms. The average Bonchev–Trinajstić information content (AvgIpc) is 3.32. The highest BCUT2D eigenvalue weighted by Crippen LogP contribution is 2.35. The van der Waals surface area contributed by atoms with Crippen molar-refractivity contribution in [3.05, 3.63) is 101 Å². The van der Waals surface area contributed by atoms with E-state index in [9.17, 15) is 4.79 Å². The number of nitrogens with one attached hydrogen (secondary N) is 1. The molecule has 3 heterocycles. The first kappa shape index (κ1) is 24.3. The highest BCUT2D eigenvalue weighted by Gasteiger charge is 2.27. The molecule has 36 heavy (non-hydrogen) atoms. The first-order valence-corrected chi connectivity index (χ1v) is 12.8. The molecule has 1 N–H and O–H groups in total. The lowest BCUT2D eigenvalue weighted by atomic mass is 9.91. The Morgan fingerprint density at radius 2 is 1.83 bits per heavy atom. The summed E-state index contributed by atoms with van der Waals surface area (Å²) >= 11 is 6.30. The summed E-state index contributed by atoms with van der Waals surface area (Å²) in [6, 6.07) is 22.3. The molecule has 0 bridgehead atoms.